The topological polar surface area (TPSA) is 48.4 Å². The van der Waals surface area contributed by atoms with Crippen LogP contribution in [0.5, 0.6) is 11.6 Å². The number of carbonyl (C=O) groups is 1. The van der Waals surface area contributed by atoms with Gasteiger partial charge in [0.15, 0.2) is 6.29 Å². The summed E-state index contributed by atoms with van der Waals surface area (Å²) in [5.41, 5.74) is 1.31. The van der Waals surface area contributed by atoms with Crippen LogP contribution in [0, 0.1) is 0 Å². The van der Waals surface area contributed by atoms with Crippen LogP contribution in [-0.4, -0.2) is 18.4 Å². The highest BCUT2D eigenvalue weighted by Gasteiger charge is 2.10. The molecule has 5 heteroatoms. The minimum absolute atomic E-state index is 0.278. The lowest BCUT2D eigenvalue weighted by atomic mass is 10.2. The van der Waals surface area contributed by atoms with E-state index >= 15 is 0 Å². The van der Waals surface area contributed by atoms with Gasteiger partial charge in [-0.3, -0.25) is 4.79 Å². The number of halogens is 1. The van der Waals surface area contributed by atoms with Crippen molar-refractivity contribution in [2.45, 2.75) is 6.61 Å². The van der Waals surface area contributed by atoms with E-state index in [0.29, 0.717) is 17.2 Å². The first-order valence-corrected chi connectivity index (χ1v) is 6.40. The van der Waals surface area contributed by atoms with E-state index in [2.05, 4.69) is 20.9 Å². The molecule has 0 aliphatic rings. The van der Waals surface area contributed by atoms with Crippen molar-refractivity contribution in [3.8, 4) is 11.6 Å². The van der Waals surface area contributed by atoms with Crippen LogP contribution in [0.15, 0.2) is 41.0 Å². The monoisotopic (exact) mass is 321 g/mol. The number of benzene rings is 1. The summed E-state index contributed by atoms with van der Waals surface area (Å²) in [6, 6.07) is 8.98. The largest absolute Gasteiger partial charge is 0.487 e. The first kappa shape index (κ1) is 13.5. The van der Waals surface area contributed by atoms with Gasteiger partial charge in [-0.1, -0.05) is 6.07 Å². The Hall–Kier alpha value is -1.88. The van der Waals surface area contributed by atoms with Crippen molar-refractivity contribution in [2.24, 2.45) is 0 Å². The third-order valence-corrected chi connectivity index (χ3v) is 3.16. The normalized spacial score (nSPS) is 10.0. The SMILES string of the molecule is COc1ncccc1COc1c(Br)cccc1C=O. The van der Waals surface area contributed by atoms with Crippen LogP contribution in [0.1, 0.15) is 15.9 Å². The van der Waals surface area contributed by atoms with Crippen molar-refractivity contribution in [2.75, 3.05) is 7.11 Å². The fourth-order valence-corrected chi connectivity index (χ4v) is 2.13. The van der Waals surface area contributed by atoms with Gasteiger partial charge < -0.3 is 9.47 Å². The number of rotatable bonds is 5. The number of para-hydroxylation sites is 1. The molecule has 1 aromatic heterocycles. The van der Waals surface area contributed by atoms with E-state index in [1.54, 1.807) is 25.4 Å². The highest BCUT2D eigenvalue weighted by atomic mass is 79.9. The Bertz CT molecular complexity index is 587. The van der Waals surface area contributed by atoms with Gasteiger partial charge in [-0.25, -0.2) is 4.98 Å². The molecule has 0 saturated carbocycles. The maximum absolute atomic E-state index is 11.0. The Kier molecular flexibility index (Phi) is 4.52. The molecule has 0 atom stereocenters. The molecule has 0 spiro atoms. The molecule has 0 unspecified atom stereocenters. The minimum Gasteiger partial charge on any atom is -0.487 e. The first-order chi connectivity index (χ1) is 9.26. The van der Waals surface area contributed by atoms with Gasteiger partial charge in [-0.15, -0.1) is 0 Å². The van der Waals surface area contributed by atoms with E-state index < -0.39 is 0 Å². The van der Waals surface area contributed by atoms with Crippen LogP contribution in [0.25, 0.3) is 0 Å². The molecule has 2 rings (SSSR count). The van der Waals surface area contributed by atoms with Crippen LogP contribution < -0.4 is 9.47 Å². The number of pyridine rings is 1. The standard InChI is InChI=1S/C14H12BrNO3/c1-18-14-11(5-3-7-16-14)9-19-13-10(8-17)4-2-6-12(13)15/h2-8H,9H2,1H3. The zero-order valence-corrected chi connectivity index (χ0v) is 11.9. The summed E-state index contributed by atoms with van der Waals surface area (Å²) in [4.78, 5) is 15.1. The predicted molar refractivity (Wildman–Crippen MR) is 74.7 cm³/mol. The van der Waals surface area contributed by atoms with Crippen molar-refractivity contribution in [1.29, 1.82) is 0 Å². The fraction of sp³-hybridized carbons (Fsp3) is 0.143. The second-order valence-corrected chi connectivity index (χ2v) is 4.59. The van der Waals surface area contributed by atoms with E-state index in [9.17, 15) is 4.79 Å². The lowest BCUT2D eigenvalue weighted by Crippen LogP contribution is -2.02. The molecule has 0 amide bonds. The average molecular weight is 322 g/mol. The summed E-state index contributed by atoms with van der Waals surface area (Å²) in [6.45, 7) is 0.278. The molecule has 4 nitrogen and oxygen atoms in total. The molecule has 0 N–H and O–H groups in total. The second kappa shape index (κ2) is 6.33. The van der Waals surface area contributed by atoms with Crippen molar-refractivity contribution in [3.05, 3.63) is 52.1 Å². The van der Waals surface area contributed by atoms with Gasteiger partial charge in [0.25, 0.3) is 0 Å². The molecule has 0 radical (unpaired) electrons. The van der Waals surface area contributed by atoms with Gasteiger partial charge in [-0.2, -0.15) is 0 Å². The Morgan fingerprint density at radius 2 is 2.16 bits per heavy atom. The third-order valence-electron chi connectivity index (χ3n) is 2.54. The van der Waals surface area contributed by atoms with Gasteiger partial charge >= 0.3 is 0 Å². The first-order valence-electron chi connectivity index (χ1n) is 5.60. The molecule has 0 fully saturated rings. The highest BCUT2D eigenvalue weighted by Crippen LogP contribution is 2.29. The van der Waals surface area contributed by atoms with Crippen molar-refractivity contribution >= 4 is 22.2 Å². The molecule has 1 aromatic carbocycles. The number of nitrogens with zero attached hydrogens (tertiary/aromatic N) is 1. The molecular formula is C14H12BrNO3. The predicted octanol–water partition coefficient (Wildman–Crippen LogP) is 3.24. The summed E-state index contributed by atoms with van der Waals surface area (Å²) in [5, 5.41) is 0. The maximum Gasteiger partial charge on any atom is 0.219 e. The summed E-state index contributed by atoms with van der Waals surface area (Å²) >= 11 is 3.37. The van der Waals surface area contributed by atoms with Gasteiger partial charge in [-0.05, 0) is 40.2 Å². The molecule has 0 bridgehead atoms. The van der Waals surface area contributed by atoms with Crippen LogP contribution in [0.2, 0.25) is 0 Å². The number of aromatic nitrogens is 1. The van der Waals surface area contributed by atoms with Crippen molar-refractivity contribution < 1.29 is 14.3 Å². The number of aldehydes is 1. The number of hydrogen-bond acceptors (Lipinski definition) is 4. The van der Waals surface area contributed by atoms with E-state index in [1.165, 1.54) is 0 Å². The van der Waals surface area contributed by atoms with Gasteiger partial charge in [0.1, 0.15) is 12.4 Å². The average Bonchev–Trinajstić information content (AvgIpc) is 2.46. The molecule has 0 aliphatic heterocycles. The zero-order valence-electron chi connectivity index (χ0n) is 10.3. The van der Waals surface area contributed by atoms with Gasteiger partial charge in [0.05, 0.1) is 22.7 Å². The summed E-state index contributed by atoms with van der Waals surface area (Å²) in [7, 11) is 1.56. The smallest absolute Gasteiger partial charge is 0.219 e. The fourth-order valence-electron chi connectivity index (χ4n) is 1.64. The van der Waals surface area contributed by atoms with E-state index in [0.717, 1.165) is 16.3 Å². The Morgan fingerprint density at radius 3 is 2.89 bits per heavy atom. The summed E-state index contributed by atoms with van der Waals surface area (Å²) in [5.74, 6) is 1.03. The lowest BCUT2D eigenvalue weighted by molar-refractivity contribution is 0.111. The lowest BCUT2D eigenvalue weighted by Gasteiger charge is -2.11. The van der Waals surface area contributed by atoms with E-state index in [4.69, 9.17) is 9.47 Å². The quantitative estimate of drug-likeness (QED) is 0.793. The molecule has 0 aliphatic carbocycles. The molecule has 19 heavy (non-hydrogen) atoms. The molecule has 0 saturated heterocycles. The van der Waals surface area contributed by atoms with Crippen molar-refractivity contribution in [1.82, 2.24) is 4.98 Å². The van der Waals surface area contributed by atoms with Crippen LogP contribution in [0.3, 0.4) is 0 Å². The maximum atomic E-state index is 11.0. The van der Waals surface area contributed by atoms with Crippen molar-refractivity contribution in [3.63, 3.8) is 0 Å². The molecule has 98 valence electrons. The summed E-state index contributed by atoms with van der Waals surface area (Å²) < 4.78 is 11.6. The Balaban J connectivity index is 2.21. The van der Waals surface area contributed by atoms with Crippen LogP contribution in [-0.2, 0) is 6.61 Å². The Labute approximate surface area is 119 Å². The zero-order chi connectivity index (χ0) is 13.7. The Morgan fingerprint density at radius 1 is 1.32 bits per heavy atom. The van der Waals surface area contributed by atoms with Crippen LogP contribution >= 0.6 is 15.9 Å². The third kappa shape index (κ3) is 3.12. The molecule has 1 heterocycles. The van der Waals surface area contributed by atoms with Crippen LogP contribution in [0.4, 0.5) is 0 Å². The molecular weight excluding hydrogens is 310 g/mol. The second-order valence-electron chi connectivity index (χ2n) is 3.74. The number of ether oxygens (including phenoxy) is 2. The van der Waals surface area contributed by atoms with E-state index in [-0.39, 0.29) is 6.61 Å². The van der Waals surface area contributed by atoms with Gasteiger partial charge in [0, 0.05) is 6.20 Å². The highest BCUT2D eigenvalue weighted by molar-refractivity contribution is 9.10. The number of hydrogen-bond donors (Lipinski definition) is 0. The number of methoxy groups -OCH3 is 1. The van der Waals surface area contributed by atoms with Gasteiger partial charge in [0.2, 0.25) is 5.88 Å². The van der Waals surface area contributed by atoms with E-state index in [1.807, 2.05) is 18.2 Å². The minimum atomic E-state index is 0.278. The number of carbonyl (C=O) groups excluding carboxylic acids is 1. The summed E-state index contributed by atoms with van der Waals surface area (Å²) in [6.07, 6.45) is 2.41. The molecule has 2 aromatic rings.